The van der Waals surface area contributed by atoms with Crippen LogP contribution < -0.4 is 14.8 Å². The molecule has 4 aromatic rings. The van der Waals surface area contributed by atoms with Crippen molar-refractivity contribution >= 4 is 11.6 Å². The number of carbonyl (C=O) groups is 1. The summed E-state index contributed by atoms with van der Waals surface area (Å²) in [4.78, 5) is 25.1. The van der Waals surface area contributed by atoms with Gasteiger partial charge in [-0.25, -0.2) is 9.97 Å². The highest BCUT2D eigenvalue weighted by Gasteiger charge is 2.09. The monoisotopic (exact) mass is 415 g/mol. The summed E-state index contributed by atoms with van der Waals surface area (Å²) in [6, 6.07) is 18.0. The van der Waals surface area contributed by atoms with Gasteiger partial charge in [-0.15, -0.1) is 0 Å². The minimum absolute atomic E-state index is 0.0705. The predicted octanol–water partition coefficient (Wildman–Crippen LogP) is 4.09. The molecule has 0 atom stereocenters. The fourth-order valence-electron chi connectivity index (χ4n) is 2.91. The number of carbonyl (C=O) groups excluding carboxylic acids is 1. The molecule has 8 heteroatoms. The predicted molar refractivity (Wildman–Crippen MR) is 116 cm³/mol. The average molecular weight is 415 g/mol. The van der Waals surface area contributed by atoms with Crippen LogP contribution in [0, 0.1) is 13.8 Å². The molecule has 0 aliphatic rings. The minimum atomic E-state index is -0.246. The van der Waals surface area contributed by atoms with Crippen LogP contribution in [-0.2, 0) is 4.79 Å². The van der Waals surface area contributed by atoms with E-state index < -0.39 is 0 Å². The first-order valence-electron chi connectivity index (χ1n) is 9.68. The van der Waals surface area contributed by atoms with E-state index in [4.69, 9.17) is 9.47 Å². The van der Waals surface area contributed by atoms with Crippen molar-refractivity contribution in [1.82, 2.24) is 19.5 Å². The Morgan fingerprint density at radius 3 is 2.48 bits per heavy atom. The van der Waals surface area contributed by atoms with E-state index in [9.17, 15) is 4.79 Å². The molecular formula is C23H21N5O3. The normalized spacial score (nSPS) is 10.5. The first-order chi connectivity index (χ1) is 15.1. The number of ether oxygens (including phenoxy) is 2. The highest BCUT2D eigenvalue weighted by molar-refractivity contribution is 5.91. The Morgan fingerprint density at radius 2 is 1.77 bits per heavy atom. The quantitative estimate of drug-likeness (QED) is 0.489. The van der Waals surface area contributed by atoms with Crippen LogP contribution in [0.1, 0.15) is 11.6 Å². The van der Waals surface area contributed by atoms with E-state index in [-0.39, 0.29) is 12.5 Å². The lowest BCUT2D eigenvalue weighted by Crippen LogP contribution is -2.20. The summed E-state index contributed by atoms with van der Waals surface area (Å²) in [7, 11) is 0. The smallest absolute Gasteiger partial charge is 0.262 e. The molecule has 0 aliphatic heterocycles. The number of aryl methyl sites for hydroxylation is 2. The molecule has 1 amide bonds. The van der Waals surface area contributed by atoms with Gasteiger partial charge in [-0.1, -0.05) is 18.2 Å². The van der Waals surface area contributed by atoms with E-state index in [1.807, 2.05) is 35.9 Å². The lowest BCUT2D eigenvalue weighted by molar-refractivity contribution is -0.118. The minimum Gasteiger partial charge on any atom is -0.484 e. The van der Waals surface area contributed by atoms with E-state index in [0.29, 0.717) is 34.7 Å². The number of rotatable bonds is 7. The average Bonchev–Trinajstić information content (AvgIpc) is 3.20. The van der Waals surface area contributed by atoms with Crippen LogP contribution in [0.2, 0.25) is 0 Å². The molecule has 0 saturated heterocycles. The Balaban J connectivity index is 1.38. The molecule has 0 fully saturated rings. The van der Waals surface area contributed by atoms with Gasteiger partial charge < -0.3 is 14.8 Å². The molecule has 0 saturated carbocycles. The standard InChI is InChI=1S/C23H21N5O3/c1-16-25-21(28-13-12-24-17(28)2)14-23(26-16)31-20-10-8-18(9-11-20)27-22(29)15-30-19-6-4-3-5-7-19/h3-14H,15H2,1-2H3,(H,27,29). The molecule has 4 rings (SSSR count). The number of anilines is 1. The number of hydrogen-bond donors (Lipinski definition) is 1. The summed E-state index contributed by atoms with van der Waals surface area (Å²) in [5.74, 6) is 3.49. The maximum Gasteiger partial charge on any atom is 0.262 e. The lowest BCUT2D eigenvalue weighted by atomic mass is 10.3. The van der Waals surface area contributed by atoms with E-state index in [0.717, 1.165) is 5.82 Å². The fourth-order valence-corrected chi connectivity index (χ4v) is 2.91. The number of nitrogens with zero attached hydrogens (tertiary/aromatic N) is 4. The topological polar surface area (TPSA) is 91.2 Å². The van der Waals surface area contributed by atoms with Crippen molar-refractivity contribution in [2.75, 3.05) is 11.9 Å². The highest BCUT2D eigenvalue weighted by atomic mass is 16.5. The van der Waals surface area contributed by atoms with Crippen LogP contribution in [0.3, 0.4) is 0 Å². The molecule has 0 unspecified atom stereocenters. The summed E-state index contributed by atoms with van der Waals surface area (Å²) in [6.07, 6.45) is 3.55. The summed E-state index contributed by atoms with van der Waals surface area (Å²) >= 11 is 0. The van der Waals surface area contributed by atoms with Crippen molar-refractivity contribution in [1.29, 1.82) is 0 Å². The van der Waals surface area contributed by atoms with Crippen molar-refractivity contribution in [2.24, 2.45) is 0 Å². The molecule has 0 radical (unpaired) electrons. The number of hydrogen-bond acceptors (Lipinski definition) is 6. The molecule has 8 nitrogen and oxygen atoms in total. The number of benzene rings is 2. The highest BCUT2D eigenvalue weighted by Crippen LogP contribution is 2.23. The maximum atomic E-state index is 12.1. The van der Waals surface area contributed by atoms with Crippen molar-refractivity contribution in [3.63, 3.8) is 0 Å². The van der Waals surface area contributed by atoms with Gasteiger partial charge in [0.15, 0.2) is 6.61 Å². The van der Waals surface area contributed by atoms with Gasteiger partial charge in [0.2, 0.25) is 5.88 Å². The van der Waals surface area contributed by atoms with Crippen LogP contribution in [0.5, 0.6) is 17.4 Å². The molecule has 31 heavy (non-hydrogen) atoms. The third-order valence-electron chi connectivity index (χ3n) is 4.35. The molecule has 1 N–H and O–H groups in total. The Morgan fingerprint density at radius 1 is 1.00 bits per heavy atom. The molecule has 156 valence electrons. The lowest BCUT2D eigenvalue weighted by Gasteiger charge is -2.10. The molecule has 2 aromatic heterocycles. The molecule has 2 heterocycles. The number of aromatic nitrogens is 4. The van der Waals surface area contributed by atoms with Crippen molar-refractivity contribution in [3.8, 4) is 23.2 Å². The van der Waals surface area contributed by atoms with Gasteiger partial charge in [-0.2, -0.15) is 4.98 Å². The van der Waals surface area contributed by atoms with Crippen LogP contribution in [0.4, 0.5) is 5.69 Å². The van der Waals surface area contributed by atoms with Crippen LogP contribution in [0.25, 0.3) is 5.82 Å². The number of amides is 1. The summed E-state index contributed by atoms with van der Waals surface area (Å²) in [6.45, 7) is 3.63. The third-order valence-corrected chi connectivity index (χ3v) is 4.35. The summed E-state index contributed by atoms with van der Waals surface area (Å²) in [5, 5.41) is 2.79. The van der Waals surface area contributed by atoms with Crippen molar-refractivity contribution in [3.05, 3.63) is 84.7 Å². The second kappa shape index (κ2) is 9.08. The Labute approximate surface area is 179 Å². The molecule has 0 spiro atoms. The van der Waals surface area contributed by atoms with Gasteiger partial charge in [0.25, 0.3) is 5.91 Å². The zero-order valence-corrected chi connectivity index (χ0v) is 17.1. The van der Waals surface area contributed by atoms with Crippen LogP contribution >= 0.6 is 0 Å². The molecule has 0 aliphatic carbocycles. The second-order valence-electron chi connectivity index (χ2n) is 6.73. The Bertz CT molecular complexity index is 1170. The van der Waals surface area contributed by atoms with Gasteiger partial charge in [0.05, 0.1) is 0 Å². The van der Waals surface area contributed by atoms with Gasteiger partial charge in [-0.3, -0.25) is 9.36 Å². The van der Waals surface area contributed by atoms with E-state index in [2.05, 4.69) is 20.3 Å². The van der Waals surface area contributed by atoms with Gasteiger partial charge in [0, 0.05) is 24.1 Å². The Hall–Kier alpha value is -4.20. The maximum absolute atomic E-state index is 12.1. The van der Waals surface area contributed by atoms with E-state index in [1.165, 1.54) is 0 Å². The Kier molecular flexibility index (Phi) is 5.89. The fraction of sp³-hybridized carbons (Fsp3) is 0.130. The van der Waals surface area contributed by atoms with Gasteiger partial charge in [-0.05, 0) is 50.2 Å². The first kappa shape index (κ1) is 20.1. The number of imidazole rings is 1. The largest absolute Gasteiger partial charge is 0.484 e. The van der Waals surface area contributed by atoms with Gasteiger partial charge >= 0.3 is 0 Å². The molecule has 0 bridgehead atoms. The van der Waals surface area contributed by atoms with E-state index in [1.54, 1.807) is 55.6 Å². The van der Waals surface area contributed by atoms with E-state index >= 15 is 0 Å². The zero-order chi connectivity index (χ0) is 21.6. The van der Waals surface area contributed by atoms with Crippen LogP contribution in [-0.4, -0.2) is 32.0 Å². The van der Waals surface area contributed by atoms with Gasteiger partial charge in [0.1, 0.15) is 29.0 Å². The number of para-hydroxylation sites is 1. The first-order valence-corrected chi connectivity index (χ1v) is 9.68. The second-order valence-corrected chi connectivity index (χ2v) is 6.73. The van der Waals surface area contributed by atoms with Crippen molar-refractivity contribution in [2.45, 2.75) is 13.8 Å². The summed E-state index contributed by atoms with van der Waals surface area (Å²) in [5.41, 5.74) is 0.641. The third kappa shape index (κ3) is 5.24. The SMILES string of the molecule is Cc1nc(Oc2ccc(NC(=O)COc3ccccc3)cc2)cc(-n2ccnc2C)n1. The number of nitrogens with one attached hydrogen (secondary N) is 1. The molecule has 2 aromatic carbocycles. The zero-order valence-electron chi connectivity index (χ0n) is 17.1. The van der Waals surface area contributed by atoms with Crippen LogP contribution in [0.15, 0.2) is 73.1 Å². The molecular weight excluding hydrogens is 394 g/mol. The van der Waals surface area contributed by atoms with Crippen molar-refractivity contribution < 1.29 is 14.3 Å². The summed E-state index contributed by atoms with van der Waals surface area (Å²) < 4.78 is 13.2.